The van der Waals surface area contributed by atoms with E-state index in [1.165, 1.54) is 15.3 Å². The smallest absolute Gasteiger partial charge is 0.0727 e. The molecule has 17 heavy (non-hydrogen) atoms. The van der Waals surface area contributed by atoms with Crippen LogP contribution in [0.2, 0.25) is 0 Å². The molecule has 1 aromatic rings. The van der Waals surface area contributed by atoms with Gasteiger partial charge in [-0.05, 0) is 32.0 Å². The van der Waals surface area contributed by atoms with Gasteiger partial charge in [-0.1, -0.05) is 0 Å². The van der Waals surface area contributed by atoms with E-state index in [9.17, 15) is 0 Å². The quantitative estimate of drug-likeness (QED) is 0.846. The van der Waals surface area contributed by atoms with Crippen LogP contribution in [0.3, 0.4) is 0 Å². The van der Waals surface area contributed by atoms with Gasteiger partial charge < -0.3 is 14.8 Å². The van der Waals surface area contributed by atoms with Crippen LogP contribution in [-0.4, -0.2) is 26.9 Å². The zero-order valence-electron chi connectivity index (χ0n) is 10.6. The van der Waals surface area contributed by atoms with Crippen molar-refractivity contribution < 1.29 is 9.47 Å². The molecule has 4 heteroatoms. The van der Waals surface area contributed by atoms with E-state index in [1.54, 1.807) is 0 Å². The number of hydrogen-bond donors (Lipinski definition) is 1. The summed E-state index contributed by atoms with van der Waals surface area (Å²) in [5.41, 5.74) is 1.33. The summed E-state index contributed by atoms with van der Waals surface area (Å²) in [6.07, 6.45) is 1.15. The highest BCUT2D eigenvalue weighted by Crippen LogP contribution is 2.22. The topological polar surface area (TPSA) is 30.5 Å². The molecule has 1 N–H and O–H groups in total. The van der Waals surface area contributed by atoms with Gasteiger partial charge in [0.15, 0.2) is 0 Å². The molecule has 1 aliphatic rings. The largest absolute Gasteiger partial charge is 0.381 e. The first-order chi connectivity index (χ1) is 8.29. The molecule has 0 aliphatic carbocycles. The predicted molar refractivity (Wildman–Crippen MR) is 70.4 cm³/mol. The summed E-state index contributed by atoms with van der Waals surface area (Å²) >= 11 is 1.85. The van der Waals surface area contributed by atoms with Gasteiger partial charge in [0.2, 0.25) is 0 Å². The molecule has 3 nitrogen and oxygen atoms in total. The molecule has 2 rings (SSSR count). The van der Waals surface area contributed by atoms with Crippen molar-refractivity contribution in [2.75, 3.05) is 26.9 Å². The van der Waals surface area contributed by atoms with Crippen LogP contribution in [0.1, 0.15) is 21.7 Å². The number of thiophene rings is 1. The lowest BCUT2D eigenvalue weighted by Gasteiger charge is -2.08. The lowest BCUT2D eigenvalue weighted by molar-refractivity contribution is 0.0791. The summed E-state index contributed by atoms with van der Waals surface area (Å²) in [5.74, 6) is 0.603. The standard InChI is InChI=1S/C13H21NO2S/c1-10-12(5-13(17-10)6-14-2)9-16-8-11-3-4-15-7-11/h5,11,14H,3-4,6-9H2,1-2H3. The molecule has 1 unspecified atom stereocenters. The van der Waals surface area contributed by atoms with Crippen molar-refractivity contribution in [1.29, 1.82) is 0 Å². The molecule has 1 aromatic heterocycles. The van der Waals surface area contributed by atoms with Crippen LogP contribution in [0.15, 0.2) is 6.07 Å². The van der Waals surface area contributed by atoms with Crippen LogP contribution in [0, 0.1) is 12.8 Å². The summed E-state index contributed by atoms with van der Waals surface area (Å²) in [6.45, 7) is 6.45. The van der Waals surface area contributed by atoms with Gasteiger partial charge in [0.1, 0.15) is 0 Å². The number of nitrogens with one attached hydrogen (secondary N) is 1. The molecule has 1 aliphatic heterocycles. The van der Waals surface area contributed by atoms with Gasteiger partial charge in [-0.25, -0.2) is 0 Å². The Kier molecular flexibility index (Phi) is 4.98. The lowest BCUT2D eigenvalue weighted by Crippen LogP contribution is -2.09. The van der Waals surface area contributed by atoms with Crippen molar-refractivity contribution in [1.82, 2.24) is 5.32 Å². The van der Waals surface area contributed by atoms with Crippen LogP contribution >= 0.6 is 11.3 Å². The highest BCUT2D eigenvalue weighted by molar-refractivity contribution is 7.12. The molecule has 96 valence electrons. The first kappa shape index (κ1) is 13.0. The lowest BCUT2D eigenvalue weighted by atomic mass is 10.1. The van der Waals surface area contributed by atoms with E-state index in [0.29, 0.717) is 5.92 Å². The summed E-state index contributed by atoms with van der Waals surface area (Å²) in [6, 6.07) is 2.25. The molecule has 1 saturated heterocycles. The van der Waals surface area contributed by atoms with E-state index >= 15 is 0 Å². The van der Waals surface area contributed by atoms with E-state index in [0.717, 1.165) is 39.4 Å². The van der Waals surface area contributed by atoms with Crippen molar-refractivity contribution in [3.05, 3.63) is 21.4 Å². The third-order valence-corrected chi connectivity index (χ3v) is 4.15. The SMILES string of the molecule is CNCc1cc(COCC2CCOC2)c(C)s1. The van der Waals surface area contributed by atoms with Gasteiger partial charge in [0.05, 0.1) is 19.8 Å². The van der Waals surface area contributed by atoms with Crippen LogP contribution in [0.4, 0.5) is 0 Å². The number of ether oxygens (including phenoxy) is 2. The van der Waals surface area contributed by atoms with Crippen molar-refractivity contribution in [2.45, 2.75) is 26.5 Å². The number of hydrogen-bond acceptors (Lipinski definition) is 4. The van der Waals surface area contributed by atoms with Crippen molar-refractivity contribution in [2.24, 2.45) is 5.92 Å². The van der Waals surface area contributed by atoms with Crippen molar-refractivity contribution in [3.63, 3.8) is 0 Å². The first-order valence-corrected chi connectivity index (χ1v) is 6.99. The third kappa shape index (κ3) is 3.78. The normalized spacial score (nSPS) is 20.0. The molecule has 0 radical (unpaired) electrons. The van der Waals surface area contributed by atoms with Gasteiger partial charge in [-0.2, -0.15) is 0 Å². The summed E-state index contributed by atoms with van der Waals surface area (Å²) < 4.78 is 11.1. The Hall–Kier alpha value is -0.420. The van der Waals surface area contributed by atoms with E-state index in [4.69, 9.17) is 9.47 Å². The molecule has 0 spiro atoms. The summed E-state index contributed by atoms with van der Waals surface area (Å²) in [7, 11) is 1.98. The second kappa shape index (κ2) is 6.50. The van der Waals surface area contributed by atoms with E-state index in [1.807, 2.05) is 18.4 Å². The molecule has 0 aromatic carbocycles. The fourth-order valence-electron chi connectivity index (χ4n) is 2.04. The fourth-order valence-corrected chi connectivity index (χ4v) is 3.10. The van der Waals surface area contributed by atoms with E-state index < -0.39 is 0 Å². The maximum atomic E-state index is 5.78. The Balaban J connectivity index is 1.77. The molecule has 0 bridgehead atoms. The first-order valence-electron chi connectivity index (χ1n) is 6.18. The molecular formula is C13H21NO2S. The molecule has 1 atom stereocenters. The summed E-state index contributed by atoms with van der Waals surface area (Å²) in [4.78, 5) is 2.76. The van der Waals surface area contributed by atoms with Gasteiger partial charge >= 0.3 is 0 Å². The second-order valence-corrected chi connectivity index (χ2v) is 5.91. The average molecular weight is 255 g/mol. The maximum absolute atomic E-state index is 5.78. The van der Waals surface area contributed by atoms with Gasteiger partial charge in [0, 0.05) is 28.8 Å². The minimum atomic E-state index is 0.603. The number of aryl methyl sites for hydroxylation is 1. The Labute approximate surface area is 107 Å². The molecule has 1 fully saturated rings. The Bertz CT molecular complexity index is 345. The van der Waals surface area contributed by atoms with E-state index in [2.05, 4.69) is 18.3 Å². The van der Waals surface area contributed by atoms with E-state index in [-0.39, 0.29) is 0 Å². The van der Waals surface area contributed by atoms with Crippen LogP contribution in [0.25, 0.3) is 0 Å². The van der Waals surface area contributed by atoms with Crippen LogP contribution in [0.5, 0.6) is 0 Å². The van der Waals surface area contributed by atoms with Crippen molar-refractivity contribution >= 4 is 11.3 Å². The molecular weight excluding hydrogens is 234 g/mol. The average Bonchev–Trinajstić information content (AvgIpc) is 2.90. The maximum Gasteiger partial charge on any atom is 0.0727 e. The van der Waals surface area contributed by atoms with Crippen LogP contribution < -0.4 is 5.32 Å². The molecule has 0 amide bonds. The zero-order chi connectivity index (χ0) is 12.1. The van der Waals surface area contributed by atoms with Gasteiger partial charge in [-0.3, -0.25) is 0 Å². The van der Waals surface area contributed by atoms with Gasteiger partial charge in [0.25, 0.3) is 0 Å². The van der Waals surface area contributed by atoms with Crippen LogP contribution in [-0.2, 0) is 22.6 Å². The zero-order valence-corrected chi connectivity index (χ0v) is 11.4. The minimum Gasteiger partial charge on any atom is -0.381 e. The fraction of sp³-hybridized carbons (Fsp3) is 0.692. The number of rotatable bonds is 6. The van der Waals surface area contributed by atoms with Crippen molar-refractivity contribution in [3.8, 4) is 0 Å². The Morgan fingerprint density at radius 3 is 3.18 bits per heavy atom. The third-order valence-electron chi connectivity index (χ3n) is 3.06. The summed E-state index contributed by atoms with van der Waals surface area (Å²) in [5, 5.41) is 3.18. The Morgan fingerprint density at radius 1 is 1.59 bits per heavy atom. The van der Waals surface area contributed by atoms with Gasteiger partial charge in [-0.15, -0.1) is 11.3 Å². The molecule has 0 saturated carbocycles. The monoisotopic (exact) mass is 255 g/mol. The second-order valence-electron chi connectivity index (χ2n) is 4.57. The Morgan fingerprint density at radius 2 is 2.47 bits per heavy atom. The predicted octanol–water partition coefficient (Wildman–Crippen LogP) is 2.33. The highest BCUT2D eigenvalue weighted by atomic mass is 32.1. The molecule has 2 heterocycles. The minimum absolute atomic E-state index is 0.603. The highest BCUT2D eigenvalue weighted by Gasteiger charge is 2.15.